The van der Waals surface area contributed by atoms with E-state index in [-0.39, 0.29) is 12.3 Å². The van der Waals surface area contributed by atoms with Crippen molar-refractivity contribution in [1.29, 1.82) is 0 Å². The molecule has 7 heteroatoms. The predicted molar refractivity (Wildman–Crippen MR) is 73.7 cm³/mol. The molecule has 0 bridgehead atoms. The number of rotatable bonds is 4. The van der Waals surface area contributed by atoms with Crippen molar-refractivity contribution in [1.82, 2.24) is 4.57 Å². The van der Waals surface area contributed by atoms with Crippen LogP contribution in [0.1, 0.15) is 39.5 Å². The van der Waals surface area contributed by atoms with Crippen molar-refractivity contribution in [3.63, 3.8) is 0 Å². The van der Waals surface area contributed by atoms with E-state index < -0.39 is 29.9 Å². The first-order valence-electron chi connectivity index (χ1n) is 6.60. The Morgan fingerprint density at radius 2 is 1.95 bits per heavy atom. The van der Waals surface area contributed by atoms with Crippen LogP contribution in [0.5, 0.6) is 0 Å². The molecule has 7 nitrogen and oxygen atoms in total. The number of esters is 1. The Morgan fingerprint density at radius 3 is 2.48 bits per heavy atom. The molecule has 21 heavy (non-hydrogen) atoms. The van der Waals surface area contributed by atoms with Gasteiger partial charge < -0.3 is 19.7 Å². The lowest BCUT2D eigenvalue weighted by atomic mass is 10.1. The summed E-state index contributed by atoms with van der Waals surface area (Å²) in [6.45, 7) is 6.78. The average molecular weight is 299 g/mol. The number of hydrogen-bond acceptors (Lipinski definition) is 6. The zero-order valence-electron chi connectivity index (χ0n) is 12.6. The summed E-state index contributed by atoms with van der Waals surface area (Å²) in [7, 11) is 0. The van der Waals surface area contributed by atoms with E-state index in [1.807, 2.05) is 0 Å². The van der Waals surface area contributed by atoms with Crippen molar-refractivity contribution < 1.29 is 29.3 Å². The number of nitrogens with zero attached hydrogens (tertiary/aromatic N) is 1. The van der Waals surface area contributed by atoms with Crippen molar-refractivity contribution in [2.75, 3.05) is 6.61 Å². The van der Waals surface area contributed by atoms with Gasteiger partial charge in [-0.05, 0) is 39.8 Å². The Labute approximate surface area is 123 Å². The molecule has 0 aromatic carbocycles. The summed E-state index contributed by atoms with van der Waals surface area (Å²) in [5.41, 5.74) is -0.659. The first-order chi connectivity index (χ1) is 9.67. The van der Waals surface area contributed by atoms with Gasteiger partial charge in [0.2, 0.25) is 0 Å². The Morgan fingerprint density at radius 1 is 1.33 bits per heavy atom. The summed E-state index contributed by atoms with van der Waals surface area (Å²) in [5, 5.41) is 19.8. The molecule has 2 atom stereocenters. The highest BCUT2D eigenvalue weighted by molar-refractivity contribution is 5.76. The highest BCUT2D eigenvalue weighted by Crippen LogP contribution is 2.20. The topological polar surface area (TPSA) is 98.0 Å². The lowest BCUT2D eigenvalue weighted by molar-refractivity contribution is -0.159. The minimum Gasteiger partial charge on any atom is -0.464 e. The molecule has 2 unspecified atom stereocenters. The van der Waals surface area contributed by atoms with Gasteiger partial charge in [-0.25, -0.2) is 9.59 Å². The van der Waals surface area contributed by atoms with Crippen LogP contribution in [0.4, 0.5) is 4.79 Å². The van der Waals surface area contributed by atoms with Crippen molar-refractivity contribution in [2.45, 2.75) is 45.5 Å². The second kappa shape index (κ2) is 6.73. The molecule has 1 heterocycles. The lowest BCUT2D eigenvalue weighted by Crippen LogP contribution is -2.33. The third-order valence-corrected chi connectivity index (χ3v) is 2.50. The number of aliphatic hydroxyl groups excluding tert-OH is 2. The van der Waals surface area contributed by atoms with Gasteiger partial charge in [0.1, 0.15) is 11.7 Å². The first kappa shape index (κ1) is 17.2. The van der Waals surface area contributed by atoms with E-state index in [9.17, 15) is 19.8 Å². The summed E-state index contributed by atoms with van der Waals surface area (Å²) in [5.74, 6) is -0.957. The summed E-state index contributed by atoms with van der Waals surface area (Å²) < 4.78 is 10.8. The molecule has 1 rings (SSSR count). The van der Waals surface area contributed by atoms with E-state index in [0.717, 1.165) is 4.57 Å². The van der Waals surface area contributed by atoms with Gasteiger partial charge >= 0.3 is 12.1 Å². The van der Waals surface area contributed by atoms with Gasteiger partial charge in [0.15, 0.2) is 6.10 Å². The Hall–Kier alpha value is -1.86. The largest absolute Gasteiger partial charge is 0.464 e. The molecule has 0 fully saturated rings. The lowest BCUT2D eigenvalue weighted by Gasteiger charge is -2.22. The zero-order chi connectivity index (χ0) is 16.2. The highest BCUT2D eigenvalue weighted by Gasteiger charge is 2.31. The van der Waals surface area contributed by atoms with Crippen molar-refractivity contribution in [2.24, 2.45) is 0 Å². The van der Waals surface area contributed by atoms with Gasteiger partial charge in [0.25, 0.3) is 0 Å². The molecular formula is C14H21NO6. The minimum absolute atomic E-state index is 0.0461. The molecule has 0 radical (unpaired) electrons. The van der Waals surface area contributed by atoms with E-state index in [1.165, 1.54) is 18.3 Å². The van der Waals surface area contributed by atoms with Crippen LogP contribution in [0.25, 0.3) is 0 Å². The standard InChI is InChI=1S/C14H21NO6/c1-5-20-12(18)11(17)10(16)9-7-6-8-15(9)13(19)21-14(2,3)4/h6-8,10-11,16-17H,5H2,1-4H3. The summed E-state index contributed by atoms with van der Waals surface area (Å²) in [6.07, 6.45) is -2.70. The molecule has 0 saturated heterocycles. The quantitative estimate of drug-likeness (QED) is 0.811. The Balaban J connectivity index is 2.93. The number of aromatic nitrogens is 1. The second-order valence-corrected chi connectivity index (χ2v) is 5.43. The zero-order valence-corrected chi connectivity index (χ0v) is 12.6. The molecule has 2 N–H and O–H groups in total. The maximum Gasteiger partial charge on any atom is 0.418 e. The van der Waals surface area contributed by atoms with Crippen LogP contribution in [0.2, 0.25) is 0 Å². The number of carbonyl (C=O) groups excluding carboxylic acids is 2. The molecule has 0 aliphatic rings. The number of hydrogen-bond donors (Lipinski definition) is 2. The minimum atomic E-state index is -1.78. The van der Waals surface area contributed by atoms with Crippen molar-refractivity contribution in [3.05, 3.63) is 24.0 Å². The summed E-state index contributed by atoms with van der Waals surface area (Å²) in [6, 6.07) is 2.91. The van der Waals surface area contributed by atoms with Crippen LogP contribution >= 0.6 is 0 Å². The molecule has 0 amide bonds. The molecule has 1 aromatic rings. The van der Waals surface area contributed by atoms with Gasteiger partial charge in [-0.3, -0.25) is 4.57 Å². The van der Waals surface area contributed by atoms with Gasteiger partial charge in [-0.15, -0.1) is 0 Å². The number of carbonyl (C=O) groups is 2. The fourth-order valence-corrected chi connectivity index (χ4v) is 1.63. The molecule has 0 aliphatic carbocycles. The fraction of sp³-hybridized carbons (Fsp3) is 0.571. The SMILES string of the molecule is CCOC(=O)C(O)C(O)c1cccn1C(=O)OC(C)(C)C. The van der Waals surface area contributed by atoms with Gasteiger partial charge in [-0.1, -0.05) is 0 Å². The van der Waals surface area contributed by atoms with Crippen LogP contribution in [0, 0.1) is 0 Å². The van der Waals surface area contributed by atoms with Crippen LogP contribution in [0.15, 0.2) is 18.3 Å². The smallest absolute Gasteiger partial charge is 0.418 e. The second-order valence-electron chi connectivity index (χ2n) is 5.43. The Bertz CT molecular complexity index is 502. The maximum atomic E-state index is 12.0. The third-order valence-electron chi connectivity index (χ3n) is 2.50. The van der Waals surface area contributed by atoms with Crippen LogP contribution in [-0.4, -0.2) is 45.2 Å². The van der Waals surface area contributed by atoms with Crippen molar-refractivity contribution >= 4 is 12.1 Å². The van der Waals surface area contributed by atoms with Crippen LogP contribution in [-0.2, 0) is 14.3 Å². The monoisotopic (exact) mass is 299 g/mol. The van der Waals surface area contributed by atoms with E-state index in [1.54, 1.807) is 27.7 Å². The normalized spacial score (nSPS) is 14.4. The highest BCUT2D eigenvalue weighted by atomic mass is 16.6. The van der Waals surface area contributed by atoms with Gasteiger partial charge in [0, 0.05) is 6.20 Å². The molecule has 0 spiro atoms. The third kappa shape index (κ3) is 4.57. The van der Waals surface area contributed by atoms with Crippen molar-refractivity contribution in [3.8, 4) is 0 Å². The average Bonchev–Trinajstić information content (AvgIpc) is 2.84. The summed E-state index contributed by atoms with van der Waals surface area (Å²) in [4.78, 5) is 23.4. The Kier molecular flexibility index (Phi) is 5.51. The molecule has 1 aromatic heterocycles. The van der Waals surface area contributed by atoms with Gasteiger partial charge in [0.05, 0.1) is 12.3 Å². The fourth-order valence-electron chi connectivity index (χ4n) is 1.63. The van der Waals surface area contributed by atoms with E-state index in [4.69, 9.17) is 4.74 Å². The van der Waals surface area contributed by atoms with Crippen LogP contribution in [0.3, 0.4) is 0 Å². The van der Waals surface area contributed by atoms with Gasteiger partial charge in [-0.2, -0.15) is 0 Å². The maximum absolute atomic E-state index is 12.0. The number of aliphatic hydroxyl groups is 2. The first-order valence-corrected chi connectivity index (χ1v) is 6.60. The molecule has 0 saturated carbocycles. The summed E-state index contributed by atoms with van der Waals surface area (Å²) >= 11 is 0. The van der Waals surface area contributed by atoms with E-state index in [0.29, 0.717) is 0 Å². The van der Waals surface area contributed by atoms with E-state index >= 15 is 0 Å². The van der Waals surface area contributed by atoms with E-state index in [2.05, 4.69) is 4.74 Å². The molecule has 118 valence electrons. The number of ether oxygens (including phenoxy) is 2. The molecular weight excluding hydrogens is 278 g/mol. The van der Waals surface area contributed by atoms with Crippen LogP contribution < -0.4 is 0 Å². The molecule has 0 aliphatic heterocycles. The predicted octanol–water partition coefficient (Wildman–Crippen LogP) is 1.23.